The Kier molecular flexibility index (Phi) is 3.49. The lowest BCUT2D eigenvalue weighted by Gasteiger charge is -2.16. The second-order valence-electron chi connectivity index (χ2n) is 3.15. The van der Waals surface area contributed by atoms with E-state index in [1.807, 2.05) is 0 Å². The summed E-state index contributed by atoms with van der Waals surface area (Å²) in [6, 6.07) is 0.113. The van der Waals surface area contributed by atoms with Gasteiger partial charge in [0.05, 0.1) is 12.5 Å². The van der Waals surface area contributed by atoms with E-state index in [0.717, 1.165) is 19.4 Å². The van der Waals surface area contributed by atoms with Crippen LogP contribution in [0.4, 0.5) is 0 Å². The summed E-state index contributed by atoms with van der Waals surface area (Å²) in [5.74, 6) is -0.101. The van der Waals surface area contributed by atoms with Crippen molar-refractivity contribution in [1.82, 2.24) is 10.6 Å². The predicted octanol–water partition coefficient (Wildman–Crippen LogP) is -0.765. The van der Waals surface area contributed by atoms with Gasteiger partial charge in [-0.15, -0.1) is 0 Å². The van der Waals surface area contributed by atoms with E-state index in [1.165, 1.54) is 0 Å². The molecule has 1 aliphatic rings. The zero-order chi connectivity index (χ0) is 8.97. The van der Waals surface area contributed by atoms with Gasteiger partial charge in [0.1, 0.15) is 0 Å². The van der Waals surface area contributed by atoms with Crippen LogP contribution >= 0.6 is 0 Å². The molecule has 70 valence electrons. The van der Waals surface area contributed by atoms with Crippen LogP contribution in [0.1, 0.15) is 19.3 Å². The minimum atomic E-state index is -0.535. The molecule has 1 aliphatic heterocycles. The molecule has 3 N–H and O–H groups in total. The number of hydrogen-bond acceptors (Lipinski definition) is 3. The molecule has 12 heavy (non-hydrogen) atoms. The summed E-state index contributed by atoms with van der Waals surface area (Å²) < 4.78 is 0. The summed E-state index contributed by atoms with van der Waals surface area (Å²) >= 11 is 0. The first-order chi connectivity index (χ1) is 5.74. The Hall–Kier alpha value is -0.610. The van der Waals surface area contributed by atoms with Crippen molar-refractivity contribution in [2.24, 2.45) is 0 Å². The summed E-state index contributed by atoms with van der Waals surface area (Å²) in [7, 11) is 1.58. The van der Waals surface area contributed by atoms with Crippen LogP contribution in [0.15, 0.2) is 0 Å². The summed E-state index contributed by atoms with van der Waals surface area (Å²) in [4.78, 5) is 10.9. The Bertz CT molecular complexity index is 155. The molecule has 1 unspecified atom stereocenters. The van der Waals surface area contributed by atoms with Gasteiger partial charge in [-0.2, -0.15) is 0 Å². The van der Waals surface area contributed by atoms with E-state index in [0.29, 0.717) is 0 Å². The van der Waals surface area contributed by atoms with Crippen molar-refractivity contribution in [2.75, 3.05) is 13.6 Å². The van der Waals surface area contributed by atoms with Gasteiger partial charge in [0, 0.05) is 13.1 Å². The van der Waals surface area contributed by atoms with Gasteiger partial charge in [-0.25, -0.2) is 0 Å². The number of rotatable bonds is 3. The lowest BCUT2D eigenvalue weighted by atomic mass is 10.1. The van der Waals surface area contributed by atoms with Crippen molar-refractivity contribution >= 4 is 5.91 Å². The fourth-order valence-electron chi connectivity index (χ4n) is 1.47. The first-order valence-corrected chi connectivity index (χ1v) is 4.36. The molecule has 4 heteroatoms. The van der Waals surface area contributed by atoms with Gasteiger partial charge in [0.15, 0.2) is 0 Å². The average Bonchev–Trinajstić information content (AvgIpc) is 2.56. The molecule has 4 nitrogen and oxygen atoms in total. The highest BCUT2D eigenvalue weighted by molar-refractivity contribution is 5.76. The van der Waals surface area contributed by atoms with Crippen LogP contribution in [0, 0.1) is 0 Å². The van der Waals surface area contributed by atoms with E-state index in [2.05, 4.69) is 10.6 Å². The van der Waals surface area contributed by atoms with Crippen molar-refractivity contribution in [2.45, 2.75) is 31.4 Å². The lowest BCUT2D eigenvalue weighted by Crippen LogP contribution is -2.38. The third kappa shape index (κ3) is 2.46. The molecule has 0 saturated carbocycles. The molecule has 0 aliphatic carbocycles. The van der Waals surface area contributed by atoms with Crippen molar-refractivity contribution in [3.8, 4) is 0 Å². The Balaban J connectivity index is 2.26. The Morgan fingerprint density at radius 1 is 1.83 bits per heavy atom. The topological polar surface area (TPSA) is 61.4 Å². The summed E-state index contributed by atoms with van der Waals surface area (Å²) in [6.45, 7) is 0.954. The molecular formula is C8H16N2O2. The van der Waals surface area contributed by atoms with Crippen molar-refractivity contribution < 1.29 is 9.90 Å². The van der Waals surface area contributed by atoms with E-state index in [1.54, 1.807) is 7.05 Å². The Labute approximate surface area is 72.3 Å². The number of hydrogen-bond donors (Lipinski definition) is 3. The van der Waals surface area contributed by atoms with Gasteiger partial charge < -0.3 is 15.7 Å². The number of carbonyl (C=O) groups is 1. The molecule has 1 amide bonds. The maximum absolute atomic E-state index is 10.9. The first kappa shape index (κ1) is 9.48. The van der Waals surface area contributed by atoms with Gasteiger partial charge in [0.2, 0.25) is 5.91 Å². The monoisotopic (exact) mass is 172 g/mol. The van der Waals surface area contributed by atoms with Gasteiger partial charge in [-0.05, 0) is 19.4 Å². The van der Waals surface area contributed by atoms with E-state index in [4.69, 9.17) is 0 Å². The molecule has 0 spiro atoms. The minimum Gasteiger partial charge on any atom is -0.391 e. The summed E-state index contributed by atoms with van der Waals surface area (Å²) in [6.07, 6.45) is 1.73. The number of aliphatic hydroxyl groups excluding tert-OH is 1. The molecule has 1 saturated heterocycles. The highest BCUT2D eigenvalue weighted by Crippen LogP contribution is 2.11. The van der Waals surface area contributed by atoms with E-state index < -0.39 is 6.10 Å². The second-order valence-corrected chi connectivity index (χ2v) is 3.15. The van der Waals surface area contributed by atoms with Gasteiger partial charge in [-0.1, -0.05) is 0 Å². The highest BCUT2D eigenvalue weighted by Gasteiger charge is 2.23. The SMILES string of the molecule is CNC(=O)C[C@@H](O)C1CCCN1. The van der Waals surface area contributed by atoms with Gasteiger partial charge in [-0.3, -0.25) is 4.79 Å². The smallest absolute Gasteiger partial charge is 0.222 e. The van der Waals surface area contributed by atoms with Crippen molar-refractivity contribution in [3.05, 3.63) is 0 Å². The standard InChI is InChI=1S/C8H16N2O2/c1-9-8(12)5-7(11)6-3-2-4-10-6/h6-7,10-11H,2-5H2,1H3,(H,9,12)/t6?,7-/m1/s1. The van der Waals surface area contributed by atoms with E-state index in [9.17, 15) is 9.90 Å². The average molecular weight is 172 g/mol. The molecule has 0 aromatic rings. The quantitative estimate of drug-likeness (QED) is 0.524. The maximum atomic E-state index is 10.9. The fraction of sp³-hybridized carbons (Fsp3) is 0.875. The molecule has 0 bridgehead atoms. The number of amides is 1. The van der Waals surface area contributed by atoms with Crippen LogP contribution in [-0.4, -0.2) is 36.8 Å². The predicted molar refractivity (Wildman–Crippen MR) is 45.7 cm³/mol. The number of carbonyl (C=O) groups excluding carboxylic acids is 1. The molecular weight excluding hydrogens is 156 g/mol. The zero-order valence-corrected chi connectivity index (χ0v) is 7.34. The zero-order valence-electron chi connectivity index (χ0n) is 7.34. The van der Waals surface area contributed by atoms with E-state index >= 15 is 0 Å². The fourth-order valence-corrected chi connectivity index (χ4v) is 1.47. The molecule has 1 rings (SSSR count). The third-order valence-electron chi connectivity index (χ3n) is 2.24. The van der Waals surface area contributed by atoms with Gasteiger partial charge >= 0.3 is 0 Å². The second kappa shape index (κ2) is 4.42. The summed E-state index contributed by atoms with van der Waals surface area (Å²) in [5.41, 5.74) is 0. The van der Waals surface area contributed by atoms with E-state index in [-0.39, 0.29) is 18.4 Å². The first-order valence-electron chi connectivity index (χ1n) is 4.36. The van der Waals surface area contributed by atoms with Crippen LogP contribution in [0.3, 0.4) is 0 Å². The third-order valence-corrected chi connectivity index (χ3v) is 2.24. The number of aliphatic hydroxyl groups is 1. The van der Waals surface area contributed by atoms with Gasteiger partial charge in [0.25, 0.3) is 0 Å². The molecule has 2 atom stereocenters. The Morgan fingerprint density at radius 3 is 3.08 bits per heavy atom. The van der Waals surface area contributed by atoms with Crippen LogP contribution in [0.2, 0.25) is 0 Å². The molecule has 1 fully saturated rings. The minimum absolute atomic E-state index is 0.101. The molecule has 0 aromatic carbocycles. The van der Waals surface area contributed by atoms with Crippen molar-refractivity contribution in [3.63, 3.8) is 0 Å². The largest absolute Gasteiger partial charge is 0.391 e. The summed E-state index contributed by atoms with van der Waals surface area (Å²) in [5, 5.41) is 15.2. The highest BCUT2D eigenvalue weighted by atomic mass is 16.3. The lowest BCUT2D eigenvalue weighted by molar-refractivity contribution is -0.122. The molecule has 1 heterocycles. The van der Waals surface area contributed by atoms with Crippen LogP contribution in [0.25, 0.3) is 0 Å². The molecule has 0 radical (unpaired) electrons. The van der Waals surface area contributed by atoms with Crippen LogP contribution in [-0.2, 0) is 4.79 Å². The van der Waals surface area contributed by atoms with Crippen LogP contribution < -0.4 is 10.6 Å². The normalized spacial score (nSPS) is 25.3. The van der Waals surface area contributed by atoms with Crippen molar-refractivity contribution in [1.29, 1.82) is 0 Å². The number of nitrogens with one attached hydrogen (secondary N) is 2. The van der Waals surface area contributed by atoms with Crippen LogP contribution in [0.5, 0.6) is 0 Å². The molecule has 0 aromatic heterocycles. The maximum Gasteiger partial charge on any atom is 0.222 e. The Morgan fingerprint density at radius 2 is 2.58 bits per heavy atom.